The number of carbonyl (C=O) groups is 1. The molecule has 6 nitrogen and oxygen atoms in total. The summed E-state index contributed by atoms with van der Waals surface area (Å²) in [5, 5.41) is 18.3. The van der Waals surface area contributed by atoms with Gasteiger partial charge in [-0.3, -0.25) is 4.79 Å². The molecule has 1 N–H and O–H groups in total. The highest BCUT2D eigenvalue weighted by Crippen LogP contribution is 2.15. The molecule has 3 rings (SSSR count). The zero-order valence-corrected chi connectivity index (χ0v) is 13.6. The fraction of sp³-hybridized carbons (Fsp3) is 0.176. The number of thiazole rings is 1. The largest absolute Gasteiger partial charge is 0.337 e. The first kappa shape index (κ1) is 15.9. The van der Waals surface area contributed by atoms with Crippen LogP contribution in [0.5, 0.6) is 0 Å². The second-order valence-electron chi connectivity index (χ2n) is 5.16. The van der Waals surface area contributed by atoms with Crippen molar-refractivity contribution in [1.29, 1.82) is 5.26 Å². The lowest BCUT2D eigenvalue weighted by Crippen LogP contribution is -2.27. The summed E-state index contributed by atoms with van der Waals surface area (Å²) >= 11 is 1.50. The third kappa shape index (κ3) is 3.86. The highest BCUT2D eigenvalue weighted by atomic mass is 32.1. The van der Waals surface area contributed by atoms with E-state index in [9.17, 15) is 10.1 Å². The monoisotopic (exact) mass is 337 g/mol. The fourth-order valence-corrected chi connectivity index (χ4v) is 2.83. The van der Waals surface area contributed by atoms with E-state index in [-0.39, 0.29) is 5.91 Å². The van der Waals surface area contributed by atoms with Crippen LogP contribution in [0.4, 0.5) is 0 Å². The summed E-state index contributed by atoms with van der Waals surface area (Å²) in [6.45, 7) is 0. The van der Waals surface area contributed by atoms with Gasteiger partial charge in [-0.2, -0.15) is 10.4 Å². The summed E-state index contributed by atoms with van der Waals surface area (Å²) in [6, 6.07) is 11.0. The molecule has 0 unspecified atom stereocenters. The summed E-state index contributed by atoms with van der Waals surface area (Å²) in [7, 11) is 0. The molecule has 0 saturated carbocycles. The first-order valence-corrected chi connectivity index (χ1v) is 8.36. The average Bonchev–Trinajstić information content (AvgIpc) is 3.30. The molecule has 0 aliphatic heterocycles. The number of carbonyl (C=O) groups excluding carboxylic acids is 1. The molecule has 1 aromatic carbocycles. The van der Waals surface area contributed by atoms with Crippen LogP contribution >= 0.6 is 11.3 Å². The van der Waals surface area contributed by atoms with Crippen molar-refractivity contribution in [2.45, 2.75) is 18.9 Å². The van der Waals surface area contributed by atoms with E-state index >= 15 is 0 Å². The fourth-order valence-electron chi connectivity index (χ4n) is 2.23. The Hall–Kier alpha value is -2.98. The Morgan fingerprint density at radius 1 is 1.38 bits per heavy atom. The van der Waals surface area contributed by atoms with Crippen LogP contribution in [0.2, 0.25) is 0 Å². The minimum atomic E-state index is -0.717. The second kappa shape index (κ2) is 7.53. The normalized spacial score (nSPS) is 11.6. The van der Waals surface area contributed by atoms with Gasteiger partial charge >= 0.3 is 0 Å². The topological polar surface area (TPSA) is 83.6 Å². The molecule has 0 aliphatic carbocycles. The Balaban J connectivity index is 1.63. The third-order valence-electron chi connectivity index (χ3n) is 3.48. The average molecular weight is 337 g/mol. The van der Waals surface area contributed by atoms with Crippen molar-refractivity contribution in [2.75, 3.05) is 0 Å². The first-order valence-electron chi connectivity index (χ1n) is 7.42. The van der Waals surface area contributed by atoms with Crippen molar-refractivity contribution in [1.82, 2.24) is 20.1 Å². The molecule has 2 heterocycles. The first-order chi connectivity index (χ1) is 11.8. The van der Waals surface area contributed by atoms with E-state index in [1.807, 2.05) is 35.7 Å². The van der Waals surface area contributed by atoms with Gasteiger partial charge in [-0.25, -0.2) is 9.67 Å². The Morgan fingerprint density at radius 3 is 2.92 bits per heavy atom. The highest BCUT2D eigenvalue weighted by molar-refractivity contribution is 7.07. The van der Waals surface area contributed by atoms with E-state index in [1.54, 1.807) is 22.6 Å². The highest BCUT2D eigenvalue weighted by Gasteiger charge is 2.16. The minimum absolute atomic E-state index is 0.179. The van der Waals surface area contributed by atoms with Gasteiger partial charge in [0, 0.05) is 23.6 Å². The van der Waals surface area contributed by atoms with E-state index in [0.29, 0.717) is 18.4 Å². The maximum Gasteiger partial charge on any atom is 0.221 e. The quantitative estimate of drug-likeness (QED) is 0.749. The number of benzene rings is 1. The molecule has 3 aromatic rings. The standard InChI is InChI=1S/C17H15N5OS/c18-8-16(21-17(23)7-6-14-11-24-12-19-14)13-9-20-22(10-13)15-4-2-1-3-5-15/h1-5,9-12,16H,6-7H2,(H,21,23)/t16-/m1/s1. The molecule has 2 aromatic heterocycles. The number of rotatable bonds is 6. The molecule has 0 bridgehead atoms. The van der Waals surface area contributed by atoms with Crippen molar-refractivity contribution in [3.05, 3.63) is 64.9 Å². The van der Waals surface area contributed by atoms with Crippen LogP contribution in [-0.2, 0) is 11.2 Å². The number of nitrogens with one attached hydrogen (secondary N) is 1. The van der Waals surface area contributed by atoms with Gasteiger partial charge in [-0.05, 0) is 18.6 Å². The van der Waals surface area contributed by atoms with E-state index in [2.05, 4.69) is 21.5 Å². The van der Waals surface area contributed by atoms with Crippen LogP contribution in [0.1, 0.15) is 23.7 Å². The molecule has 1 atom stereocenters. The summed E-state index contributed by atoms with van der Waals surface area (Å²) in [4.78, 5) is 16.2. The summed E-state index contributed by atoms with van der Waals surface area (Å²) in [5.74, 6) is -0.179. The van der Waals surface area contributed by atoms with Crippen molar-refractivity contribution < 1.29 is 4.79 Å². The molecule has 1 amide bonds. The van der Waals surface area contributed by atoms with Crippen molar-refractivity contribution in [3.63, 3.8) is 0 Å². The molecule has 24 heavy (non-hydrogen) atoms. The SMILES string of the molecule is N#C[C@@H](NC(=O)CCc1cscn1)c1cnn(-c2ccccc2)c1. The third-order valence-corrected chi connectivity index (χ3v) is 4.12. The van der Waals surface area contributed by atoms with Crippen LogP contribution in [0, 0.1) is 11.3 Å². The lowest BCUT2D eigenvalue weighted by molar-refractivity contribution is -0.121. The molecule has 120 valence electrons. The number of hydrogen-bond acceptors (Lipinski definition) is 5. The molecule has 0 fully saturated rings. The Bertz CT molecular complexity index is 836. The number of nitriles is 1. The van der Waals surface area contributed by atoms with Gasteiger partial charge in [0.05, 0.1) is 29.2 Å². The molecule has 0 saturated heterocycles. The number of nitrogens with zero attached hydrogens (tertiary/aromatic N) is 4. The van der Waals surface area contributed by atoms with Crippen molar-refractivity contribution in [2.24, 2.45) is 0 Å². The van der Waals surface area contributed by atoms with Crippen LogP contribution < -0.4 is 5.32 Å². The maximum absolute atomic E-state index is 12.0. The number of aryl methyl sites for hydroxylation is 1. The molecule has 0 radical (unpaired) electrons. The van der Waals surface area contributed by atoms with Crippen molar-refractivity contribution in [3.8, 4) is 11.8 Å². The molecule has 0 aliphatic rings. The van der Waals surface area contributed by atoms with Gasteiger partial charge in [0.2, 0.25) is 5.91 Å². The van der Waals surface area contributed by atoms with Crippen LogP contribution in [-0.4, -0.2) is 20.7 Å². The molecular weight excluding hydrogens is 322 g/mol. The predicted octanol–water partition coefficient (Wildman–Crippen LogP) is 2.64. The molecule has 0 spiro atoms. The second-order valence-corrected chi connectivity index (χ2v) is 5.88. The Labute approximate surface area is 143 Å². The van der Waals surface area contributed by atoms with E-state index < -0.39 is 6.04 Å². The summed E-state index contributed by atoms with van der Waals surface area (Å²) in [6.07, 6.45) is 4.22. The minimum Gasteiger partial charge on any atom is -0.337 e. The number of amides is 1. The van der Waals surface area contributed by atoms with Gasteiger partial charge in [0.25, 0.3) is 0 Å². The summed E-state index contributed by atoms with van der Waals surface area (Å²) in [5.41, 5.74) is 4.18. The Morgan fingerprint density at radius 2 is 2.21 bits per heavy atom. The summed E-state index contributed by atoms with van der Waals surface area (Å²) < 4.78 is 1.68. The number of aromatic nitrogens is 3. The van der Waals surface area contributed by atoms with Crippen LogP contribution in [0.3, 0.4) is 0 Å². The molecular formula is C17H15N5OS. The van der Waals surface area contributed by atoms with Crippen LogP contribution in [0.25, 0.3) is 5.69 Å². The molecule has 7 heteroatoms. The van der Waals surface area contributed by atoms with E-state index in [1.165, 1.54) is 11.3 Å². The smallest absolute Gasteiger partial charge is 0.221 e. The number of hydrogen-bond donors (Lipinski definition) is 1. The Kier molecular flexibility index (Phi) is 4.99. The van der Waals surface area contributed by atoms with Gasteiger partial charge in [0.1, 0.15) is 6.04 Å². The van der Waals surface area contributed by atoms with Crippen LogP contribution in [0.15, 0.2) is 53.6 Å². The lowest BCUT2D eigenvalue weighted by atomic mass is 10.1. The number of para-hydroxylation sites is 1. The van der Waals surface area contributed by atoms with Gasteiger partial charge < -0.3 is 5.32 Å². The predicted molar refractivity (Wildman–Crippen MR) is 90.5 cm³/mol. The zero-order valence-electron chi connectivity index (χ0n) is 12.8. The maximum atomic E-state index is 12.0. The van der Waals surface area contributed by atoms with Gasteiger partial charge in [0.15, 0.2) is 0 Å². The van der Waals surface area contributed by atoms with E-state index in [4.69, 9.17) is 0 Å². The van der Waals surface area contributed by atoms with Gasteiger partial charge in [-0.15, -0.1) is 11.3 Å². The van der Waals surface area contributed by atoms with Gasteiger partial charge in [-0.1, -0.05) is 18.2 Å². The van der Waals surface area contributed by atoms with Crippen molar-refractivity contribution >= 4 is 17.2 Å². The zero-order chi connectivity index (χ0) is 16.8. The lowest BCUT2D eigenvalue weighted by Gasteiger charge is -2.09. The van der Waals surface area contributed by atoms with E-state index in [0.717, 1.165) is 11.4 Å².